The Kier molecular flexibility index (Phi) is 5.10. The maximum Gasteiger partial charge on any atom is 0.208 e. The molecular formula is C18H21N3O2S. The zero-order valence-corrected chi connectivity index (χ0v) is 14.8. The van der Waals surface area contributed by atoms with Crippen LogP contribution in [0.5, 0.6) is 0 Å². The third kappa shape index (κ3) is 3.41. The molecule has 0 amide bonds. The van der Waals surface area contributed by atoms with Gasteiger partial charge in [0.1, 0.15) is 17.0 Å². The number of Topliss-reactive ketones (excluding diaryl/α,β-unsaturated/α-hetero) is 1. The van der Waals surface area contributed by atoms with Crippen LogP contribution in [0, 0.1) is 11.3 Å². The Bertz CT molecular complexity index is 750. The SMILES string of the molecule is CC(C)c1csc([C@@H](C#N)C(=O)c2coc(C3CCCCC3)n2)n1. The van der Waals surface area contributed by atoms with Gasteiger partial charge in [-0.3, -0.25) is 4.79 Å². The van der Waals surface area contributed by atoms with Gasteiger partial charge in [-0.25, -0.2) is 9.97 Å². The largest absolute Gasteiger partial charge is 0.448 e. The first-order chi connectivity index (χ1) is 11.6. The molecule has 0 radical (unpaired) electrons. The van der Waals surface area contributed by atoms with Crippen molar-refractivity contribution in [3.8, 4) is 6.07 Å². The summed E-state index contributed by atoms with van der Waals surface area (Å²) in [6, 6.07) is 2.07. The fraction of sp³-hybridized carbons (Fsp3) is 0.556. The van der Waals surface area contributed by atoms with Crippen molar-refractivity contribution in [3.63, 3.8) is 0 Å². The van der Waals surface area contributed by atoms with E-state index in [1.165, 1.54) is 36.9 Å². The highest BCUT2D eigenvalue weighted by Gasteiger charge is 2.29. The number of carbonyl (C=O) groups is 1. The van der Waals surface area contributed by atoms with Gasteiger partial charge in [0.05, 0.1) is 11.8 Å². The first-order valence-electron chi connectivity index (χ1n) is 8.44. The van der Waals surface area contributed by atoms with Gasteiger partial charge in [0.25, 0.3) is 0 Å². The number of carbonyl (C=O) groups excluding carboxylic acids is 1. The molecule has 0 aromatic carbocycles. The summed E-state index contributed by atoms with van der Waals surface area (Å²) in [5.74, 6) is -0.0286. The monoisotopic (exact) mass is 343 g/mol. The van der Waals surface area contributed by atoms with Crippen molar-refractivity contribution in [3.05, 3.63) is 33.9 Å². The van der Waals surface area contributed by atoms with Crippen molar-refractivity contribution in [1.29, 1.82) is 5.26 Å². The van der Waals surface area contributed by atoms with E-state index in [0.717, 1.165) is 18.5 Å². The van der Waals surface area contributed by atoms with Crippen molar-refractivity contribution in [1.82, 2.24) is 9.97 Å². The van der Waals surface area contributed by atoms with Crippen LogP contribution in [0.2, 0.25) is 0 Å². The van der Waals surface area contributed by atoms with Crippen molar-refractivity contribution in [2.45, 2.75) is 63.7 Å². The highest BCUT2D eigenvalue weighted by Crippen LogP contribution is 2.33. The van der Waals surface area contributed by atoms with E-state index in [-0.39, 0.29) is 17.4 Å². The number of nitriles is 1. The second-order valence-corrected chi connectivity index (χ2v) is 7.49. The summed E-state index contributed by atoms with van der Waals surface area (Å²) in [6.45, 7) is 4.08. The first-order valence-corrected chi connectivity index (χ1v) is 9.32. The Balaban J connectivity index is 1.78. The average molecular weight is 343 g/mol. The quantitative estimate of drug-likeness (QED) is 0.729. The second-order valence-electron chi connectivity index (χ2n) is 6.60. The van der Waals surface area contributed by atoms with Gasteiger partial charge in [-0.05, 0) is 18.8 Å². The van der Waals surface area contributed by atoms with E-state index >= 15 is 0 Å². The van der Waals surface area contributed by atoms with Gasteiger partial charge in [0, 0.05) is 11.3 Å². The van der Waals surface area contributed by atoms with Crippen LogP contribution in [0.4, 0.5) is 0 Å². The smallest absolute Gasteiger partial charge is 0.208 e. The summed E-state index contributed by atoms with van der Waals surface area (Å²) in [5, 5.41) is 11.9. The molecule has 1 atom stereocenters. The van der Waals surface area contributed by atoms with E-state index in [2.05, 4.69) is 16.0 Å². The summed E-state index contributed by atoms with van der Waals surface area (Å²) < 4.78 is 5.54. The molecule has 2 aromatic rings. The molecular weight excluding hydrogens is 322 g/mol. The van der Waals surface area contributed by atoms with E-state index in [0.29, 0.717) is 16.8 Å². The molecule has 1 fully saturated rings. The molecule has 0 unspecified atom stereocenters. The predicted molar refractivity (Wildman–Crippen MR) is 91.2 cm³/mol. The van der Waals surface area contributed by atoms with Crippen LogP contribution in [-0.4, -0.2) is 15.8 Å². The molecule has 0 aliphatic heterocycles. The number of hydrogen-bond donors (Lipinski definition) is 0. The number of nitrogens with zero attached hydrogens (tertiary/aromatic N) is 3. The molecule has 1 aliphatic rings. The van der Waals surface area contributed by atoms with E-state index < -0.39 is 5.92 Å². The molecule has 0 N–H and O–H groups in total. The van der Waals surface area contributed by atoms with Crippen molar-refractivity contribution < 1.29 is 9.21 Å². The summed E-state index contributed by atoms with van der Waals surface area (Å²) in [6.07, 6.45) is 7.11. The van der Waals surface area contributed by atoms with Crippen LogP contribution in [0.25, 0.3) is 0 Å². The van der Waals surface area contributed by atoms with Gasteiger partial charge in [0.2, 0.25) is 5.78 Å². The fourth-order valence-corrected chi connectivity index (χ4v) is 4.03. The summed E-state index contributed by atoms with van der Waals surface area (Å²) in [4.78, 5) is 21.5. The van der Waals surface area contributed by atoms with Crippen LogP contribution in [0.15, 0.2) is 16.1 Å². The molecule has 2 heterocycles. The number of ketones is 1. The van der Waals surface area contributed by atoms with E-state index in [1.807, 2.05) is 19.2 Å². The molecule has 6 heteroatoms. The number of hydrogen-bond acceptors (Lipinski definition) is 6. The Morgan fingerprint density at radius 1 is 1.33 bits per heavy atom. The molecule has 1 aliphatic carbocycles. The van der Waals surface area contributed by atoms with Gasteiger partial charge >= 0.3 is 0 Å². The lowest BCUT2D eigenvalue weighted by Gasteiger charge is -2.17. The molecule has 5 nitrogen and oxygen atoms in total. The van der Waals surface area contributed by atoms with Crippen molar-refractivity contribution in [2.24, 2.45) is 0 Å². The fourth-order valence-electron chi connectivity index (χ4n) is 3.01. The van der Waals surface area contributed by atoms with E-state index in [9.17, 15) is 10.1 Å². The lowest BCUT2D eigenvalue weighted by molar-refractivity contribution is 0.0974. The topological polar surface area (TPSA) is 79.8 Å². The number of aromatic nitrogens is 2. The number of rotatable bonds is 5. The molecule has 0 bridgehead atoms. The Hall–Kier alpha value is -2.00. The minimum Gasteiger partial charge on any atom is -0.448 e. The average Bonchev–Trinajstić information content (AvgIpc) is 3.26. The molecule has 3 rings (SSSR count). The van der Waals surface area contributed by atoms with Crippen molar-refractivity contribution in [2.75, 3.05) is 0 Å². The van der Waals surface area contributed by atoms with Gasteiger partial charge in [-0.2, -0.15) is 5.26 Å². The Morgan fingerprint density at radius 2 is 2.08 bits per heavy atom. The Morgan fingerprint density at radius 3 is 2.71 bits per heavy atom. The molecule has 24 heavy (non-hydrogen) atoms. The zero-order valence-electron chi connectivity index (χ0n) is 14.0. The van der Waals surface area contributed by atoms with Gasteiger partial charge < -0.3 is 4.42 Å². The molecule has 1 saturated carbocycles. The highest BCUT2D eigenvalue weighted by atomic mass is 32.1. The van der Waals surface area contributed by atoms with Gasteiger partial charge in [-0.1, -0.05) is 33.1 Å². The lowest BCUT2D eigenvalue weighted by atomic mass is 9.89. The zero-order chi connectivity index (χ0) is 17.1. The van der Waals surface area contributed by atoms with E-state index in [4.69, 9.17) is 4.42 Å². The van der Waals surface area contributed by atoms with Gasteiger partial charge in [0.15, 0.2) is 11.8 Å². The number of thiazole rings is 1. The Labute approximate surface area is 145 Å². The summed E-state index contributed by atoms with van der Waals surface area (Å²) in [5.41, 5.74) is 1.15. The van der Waals surface area contributed by atoms with Crippen LogP contribution in [0.3, 0.4) is 0 Å². The van der Waals surface area contributed by atoms with Crippen molar-refractivity contribution >= 4 is 17.1 Å². The molecule has 2 aromatic heterocycles. The standard InChI is InChI=1S/C18H21N3O2S/c1-11(2)15-10-24-18(21-15)13(8-19)16(22)14-9-23-17(20-14)12-6-4-3-5-7-12/h9-13H,3-7H2,1-2H3/t13-/m0/s1. The van der Waals surface area contributed by atoms with Crippen LogP contribution in [0.1, 0.15) is 90.8 Å². The maximum atomic E-state index is 12.7. The van der Waals surface area contributed by atoms with Crippen LogP contribution < -0.4 is 0 Å². The summed E-state index contributed by atoms with van der Waals surface area (Å²) >= 11 is 1.36. The minimum atomic E-state index is -0.910. The third-order valence-electron chi connectivity index (χ3n) is 4.50. The molecule has 0 spiro atoms. The normalized spacial score (nSPS) is 16.9. The van der Waals surface area contributed by atoms with E-state index in [1.54, 1.807) is 0 Å². The second kappa shape index (κ2) is 7.27. The highest BCUT2D eigenvalue weighted by molar-refractivity contribution is 7.10. The molecule has 126 valence electrons. The minimum absolute atomic E-state index is 0.239. The lowest BCUT2D eigenvalue weighted by Crippen LogP contribution is -2.12. The predicted octanol–water partition coefficient (Wildman–Crippen LogP) is 4.79. The van der Waals surface area contributed by atoms with Gasteiger partial charge in [-0.15, -0.1) is 11.3 Å². The first kappa shape index (κ1) is 16.8. The third-order valence-corrected chi connectivity index (χ3v) is 5.43. The van der Waals surface area contributed by atoms with Crippen LogP contribution >= 0.6 is 11.3 Å². The van der Waals surface area contributed by atoms with Crippen LogP contribution in [-0.2, 0) is 0 Å². The number of oxazole rings is 1. The maximum absolute atomic E-state index is 12.7. The summed E-state index contributed by atoms with van der Waals surface area (Å²) in [7, 11) is 0. The molecule has 0 saturated heterocycles.